The molecule has 0 aliphatic carbocycles. The van der Waals surface area contributed by atoms with E-state index < -0.39 is 7.11 Å². The van der Waals surface area contributed by atoms with Gasteiger partial charge in [-0.05, 0) is 31.4 Å². The van der Waals surface area contributed by atoms with Gasteiger partial charge in [0.15, 0.2) is 11.5 Å². The fourth-order valence-corrected chi connectivity index (χ4v) is 4.44. The van der Waals surface area contributed by atoms with Gasteiger partial charge in [-0.3, -0.25) is 0 Å². The summed E-state index contributed by atoms with van der Waals surface area (Å²) in [7, 11) is -4.43. The monoisotopic (exact) mass is 474 g/mol. The average Bonchev–Trinajstić information content (AvgIpc) is 3.47. The van der Waals surface area contributed by atoms with Gasteiger partial charge in [0.1, 0.15) is 5.76 Å². The van der Waals surface area contributed by atoms with Crippen LogP contribution in [0.2, 0.25) is 0 Å². The second-order valence-corrected chi connectivity index (χ2v) is 9.47. The van der Waals surface area contributed by atoms with Gasteiger partial charge in [0.05, 0.1) is 5.69 Å². The molecule has 0 bridgehead atoms. The Hall–Kier alpha value is -2.31. The predicted octanol–water partition coefficient (Wildman–Crippen LogP) is 6.73. The molecular weight excluding hydrogens is 433 g/mol. The van der Waals surface area contributed by atoms with E-state index in [1.165, 1.54) is 64.2 Å². The van der Waals surface area contributed by atoms with Crippen molar-refractivity contribution in [3.63, 3.8) is 0 Å². The number of aromatic nitrogens is 1. The molecule has 4 nitrogen and oxygen atoms in total. The van der Waals surface area contributed by atoms with Crippen LogP contribution in [-0.4, -0.2) is 17.8 Å². The first-order valence-electron chi connectivity index (χ1n) is 13.3. The van der Waals surface area contributed by atoms with Crippen molar-refractivity contribution in [2.45, 2.75) is 104 Å². The van der Waals surface area contributed by atoms with Crippen molar-refractivity contribution in [2.24, 2.45) is 0 Å². The number of unbranched alkanes of at least 4 members (excludes halogenated alkanes) is 10. The van der Waals surface area contributed by atoms with Crippen LogP contribution in [0.3, 0.4) is 0 Å². The molecule has 7 heteroatoms. The summed E-state index contributed by atoms with van der Waals surface area (Å²) in [5.74, 6) is 0.236. The topological polar surface area (TPSA) is 48.2 Å². The molecule has 34 heavy (non-hydrogen) atoms. The minimum atomic E-state index is -4.43. The maximum Gasteiger partial charge on any atom is 0.726 e. The molecular formula is C27H41BF2N2O2. The third kappa shape index (κ3) is 8.48. The zero-order valence-corrected chi connectivity index (χ0v) is 20.9. The van der Waals surface area contributed by atoms with E-state index in [1.54, 1.807) is 6.08 Å². The first kappa shape index (κ1) is 26.3. The number of aromatic amines is 1. The van der Waals surface area contributed by atoms with Gasteiger partial charge in [-0.25, -0.2) is 4.99 Å². The Kier molecular flexibility index (Phi) is 10.5. The van der Waals surface area contributed by atoms with Gasteiger partial charge in [-0.1, -0.05) is 78.1 Å². The summed E-state index contributed by atoms with van der Waals surface area (Å²) < 4.78 is 38.5. The maximum absolute atomic E-state index is 14.3. The number of hydrogen-bond donors (Lipinski definition) is 2. The summed E-state index contributed by atoms with van der Waals surface area (Å²) in [5.41, 5.74) is 3.20. The van der Waals surface area contributed by atoms with Crippen LogP contribution in [0.4, 0.5) is 8.63 Å². The summed E-state index contributed by atoms with van der Waals surface area (Å²) in [5, 5.41) is 0. The van der Waals surface area contributed by atoms with Crippen LogP contribution in [0.1, 0.15) is 109 Å². The van der Waals surface area contributed by atoms with Crippen molar-refractivity contribution in [2.75, 3.05) is 0 Å². The Balaban J connectivity index is 1.59. The van der Waals surface area contributed by atoms with Crippen molar-refractivity contribution in [3.05, 3.63) is 53.2 Å². The quantitative estimate of drug-likeness (QED) is 0.219. The highest BCUT2D eigenvalue weighted by molar-refractivity contribution is 6.53. The normalized spacial score (nSPS) is 19.1. The smallest absolute Gasteiger partial charge is 0.626 e. The lowest BCUT2D eigenvalue weighted by Gasteiger charge is -2.33. The number of rotatable bonds is 15. The van der Waals surface area contributed by atoms with Gasteiger partial charge < -0.3 is 22.9 Å². The highest BCUT2D eigenvalue weighted by Crippen LogP contribution is 2.32. The first-order chi connectivity index (χ1) is 16.5. The molecule has 0 aromatic carbocycles. The number of nitrogens with one attached hydrogen (secondary N) is 2. The van der Waals surface area contributed by atoms with E-state index in [4.69, 9.17) is 9.31 Å². The average molecular weight is 474 g/mol. The minimum absolute atomic E-state index is 0.118. The lowest BCUT2D eigenvalue weighted by Crippen LogP contribution is -2.68. The molecule has 188 valence electrons. The Morgan fingerprint density at radius 1 is 0.794 bits per heavy atom. The molecule has 3 rings (SSSR count). The molecule has 0 spiro atoms. The Morgan fingerprint density at radius 2 is 1.44 bits per heavy atom. The molecule has 0 atom stereocenters. The van der Waals surface area contributed by atoms with Gasteiger partial charge in [0.25, 0.3) is 0 Å². The number of H-pyrrole nitrogens is 1. The third-order valence-electron chi connectivity index (χ3n) is 6.41. The fourth-order valence-electron chi connectivity index (χ4n) is 4.44. The molecule has 1 aromatic heterocycles. The van der Waals surface area contributed by atoms with Crippen LogP contribution < -0.4 is 4.99 Å². The Bertz CT molecular complexity index is 902. The first-order valence-corrected chi connectivity index (χ1v) is 13.3. The number of allylic oxidation sites excluding steroid dienone is 3. The number of aryl methyl sites for hydroxylation is 1. The van der Waals surface area contributed by atoms with Crippen LogP contribution in [0.25, 0.3) is 5.76 Å². The molecule has 2 N–H and O–H groups in total. The van der Waals surface area contributed by atoms with Crippen molar-refractivity contribution in [1.82, 2.24) is 4.98 Å². The Morgan fingerprint density at radius 3 is 2.15 bits per heavy atom. The standard InChI is InChI=1S/C27H40BF2N2O2/c1-3-5-7-9-11-13-15-22-17-19-24(31-22)26-21-27(34-28(29,30)33-26)25-20-18-23(32-25)16-14-12-10-8-6-4-2/h17-21,31H,3-16H2,1-2H3/q-1/p+1/b27-25-. The summed E-state index contributed by atoms with van der Waals surface area (Å²) >= 11 is 0. The Labute approximate surface area is 203 Å². The lowest BCUT2D eigenvalue weighted by molar-refractivity contribution is -0.390. The molecule has 0 saturated heterocycles. The second-order valence-electron chi connectivity index (χ2n) is 9.47. The van der Waals surface area contributed by atoms with Gasteiger partial charge in [-0.2, -0.15) is 0 Å². The summed E-state index contributed by atoms with van der Waals surface area (Å²) in [4.78, 5) is 6.51. The molecule has 0 amide bonds. The van der Waals surface area contributed by atoms with Crippen molar-refractivity contribution >= 4 is 18.6 Å². The van der Waals surface area contributed by atoms with Gasteiger partial charge in [0, 0.05) is 30.3 Å². The largest absolute Gasteiger partial charge is 0.726 e. The predicted molar refractivity (Wildman–Crippen MR) is 136 cm³/mol. The zero-order chi connectivity index (χ0) is 24.2. The van der Waals surface area contributed by atoms with E-state index in [-0.39, 0.29) is 11.5 Å². The summed E-state index contributed by atoms with van der Waals surface area (Å²) in [6.45, 7) is 4.43. The van der Waals surface area contributed by atoms with Crippen molar-refractivity contribution in [3.8, 4) is 0 Å². The van der Waals surface area contributed by atoms with Gasteiger partial charge >= 0.3 is 7.11 Å². The molecule has 0 radical (unpaired) electrons. The maximum atomic E-state index is 14.3. The molecule has 3 heterocycles. The second kappa shape index (κ2) is 13.5. The minimum Gasteiger partial charge on any atom is -0.626 e. The molecule has 0 saturated carbocycles. The lowest BCUT2D eigenvalue weighted by atomic mass is 10.1. The number of halogens is 2. The zero-order valence-electron chi connectivity index (χ0n) is 20.9. The van der Waals surface area contributed by atoms with E-state index in [0.29, 0.717) is 11.4 Å². The molecule has 0 unspecified atom stereocenters. The van der Waals surface area contributed by atoms with Crippen LogP contribution >= 0.6 is 0 Å². The van der Waals surface area contributed by atoms with E-state index in [0.717, 1.165) is 37.1 Å². The van der Waals surface area contributed by atoms with E-state index in [1.807, 2.05) is 24.3 Å². The summed E-state index contributed by atoms with van der Waals surface area (Å²) in [6.07, 6.45) is 21.8. The molecule has 2 aliphatic heterocycles. The highest BCUT2D eigenvalue weighted by atomic mass is 19.3. The van der Waals surface area contributed by atoms with Gasteiger partial charge in [0.2, 0.25) is 5.70 Å². The van der Waals surface area contributed by atoms with Crippen LogP contribution in [0, 0.1) is 0 Å². The van der Waals surface area contributed by atoms with E-state index in [9.17, 15) is 8.63 Å². The molecule has 2 aliphatic rings. The van der Waals surface area contributed by atoms with E-state index in [2.05, 4.69) is 23.8 Å². The molecule has 0 fully saturated rings. The fraction of sp³-hybridized carbons (Fsp3) is 0.593. The highest BCUT2D eigenvalue weighted by Gasteiger charge is 2.40. The summed E-state index contributed by atoms with van der Waals surface area (Å²) in [6, 6.07) is 3.77. The third-order valence-corrected chi connectivity index (χ3v) is 6.41. The SMILES string of the molecule is CCCCCCCCC1=[NH+]/C(=C2/C=C(c3ccc(CCCCCCCC)[nH]3)O[B-](F)(F)O2)C=C1. The number of hydrogen-bond acceptors (Lipinski definition) is 2. The van der Waals surface area contributed by atoms with Crippen molar-refractivity contribution in [1.29, 1.82) is 0 Å². The van der Waals surface area contributed by atoms with E-state index >= 15 is 0 Å². The van der Waals surface area contributed by atoms with Crippen LogP contribution in [0.5, 0.6) is 0 Å². The van der Waals surface area contributed by atoms with Crippen molar-refractivity contribution < 1.29 is 22.9 Å². The van der Waals surface area contributed by atoms with Crippen LogP contribution in [-0.2, 0) is 15.7 Å². The van der Waals surface area contributed by atoms with Crippen LogP contribution in [0.15, 0.2) is 41.8 Å². The van der Waals surface area contributed by atoms with Gasteiger partial charge in [-0.15, -0.1) is 0 Å². The molecule has 1 aromatic rings.